The number of hydrogen-bond acceptors (Lipinski definition) is 1. The minimum Gasteiger partial charge on any atom is -0.462 e. The Balaban J connectivity index is 2.62. The average molecular weight is 175 g/mol. The highest BCUT2D eigenvalue weighted by atomic mass is 16.5. The van der Waals surface area contributed by atoms with Crippen LogP contribution in [0.5, 0.6) is 5.75 Å². The van der Waals surface area contributed by atoms with Crippen LogP contribution in [-0.2, 0) is 0 Å². The number of hydrogen-bond donors (Lipinski definition) is 0. The third-order valence-corrected chi connectivity index (χ3v) is 1.72. The van der Waals surface area contributed by atoms with Crippen molar-refractivity contribution in [3.8, 4) is 5.75 Å². The SMILES string of the molecule is CCC=C(CC)Oc1cc[c]cc1. The van der Waals surface area contributed by atoms with Gasteiger partial charge < -0.3 is 4.74 Å². The van der Waals surface area contributed by atoms with E-state index < -0.39 is 0 Å². The van der Waals surface area contributed by atoms with Crippen LogP contribution in [0, 0.1) is 6.07 Å². The van der Waals surface area contributed by atoms with Crippen LogP contribution in [0.2, 0.25) is 0 Å². The summed E-state index contributed by atoms with van der Waals surface area (Å²) in [6.07, 6.45) is 4.06. The Morgan fingerprint density at radius 1 is 1.38 bits per heavy atom. The zero-order valence-corrected chi connectivity index (χ0v) is 8.21. The zero-order chi connectivity index (χ0) is 9.52. The first-order chi connectivity index (χ1) is 6.36. The maximum atomic E-state index is 5.65. The molecule has 0 fully saturated rings. The van der Waals surface area contributed by atoms with Crippen molar-refractivity contribution in [1.29, 1.82) is 0 Å². The molecule has 0 aliphatic carbocycles. The highest BCUT2D eigenvalue weighted by Gasteiger charge is 1.95. The summed E-state index contributed by atoms with van der Waals surface area (Å²) < 4.78 is 5.65. The van der Waals surface area contributed by atoms with Gasteiger partial charge in [-0.05, 0) is 30.7 Å². The lowest BCUT2D eigenvalue weighted by Crippen LogP contribution is -1.93. The molecule has 0 heterocycles. The maximum absolute atomic E-state index is 5.65. The standard InChI is InChI=1S/C12H15O/c1-3-8-11(4-2)13-12-9-6-5-7-10-12/h6-10H,3-4H2,1-2H3. The largest absolute Gasteiger partial charge is 0.462 e. The summed E-state index contributed by atoms with van der Waals surface area (Å²) in [5.74, 6) is 1.93. The third kappa shape index (κ3) is 3.32. The molecule has 1 nitrogen and oxygen atoms in total. The Morgan fingerprint density at radius 3 is 2.62 bits per heavy atom. The van der Waals surface area contributed by atoms with Gasteiger partial charge in [-0.25, -0.2) is 0 Å². The van der Waals surface area contributed by atoms with Gasteiger partial charge in [0.25, 0.3) is 0 Å². The molecule has 69 valence electrons. The number of ether oxygens (including phenoxy) is 1. The molecule has 0 atom stereocenters. The Hall–Kier alpha value is -1.24. The van der Waals surface area contributed by atoms with E-state index in [0.717, 1.165) is 24.4 Å². The summed E-state index contributed by atoms with van der Waals surface area (Å²) in [5, 5.41) is 0. The van der Waals surface area contributed by atoms with Crippen LogP contribution in [0.25, 0.3) is 0 Å². The highest BCUT2D eigenvalue weighted by molar-refractivity contribution is 5.22. The van der Waals surface area contributed by atoms with E-state index in [1.807, 2.05) is 24.3 Å². The lowest BCUT2D eigenvalue weighted by Gasteiger charge is -2.07. The average Bonchev–Trinajstić information content (AvgIpc) is 2.19. The molecule has 0 aliphatic rings. The van der Waals surface area contributed by atoms with Gasteiger partial charge in [0, 0.05) is 6.42 Å². The number of benzene rings is 1. The number of rotatable bonds is 4. The van der Waals surface area contributed by atoms with E-state index in [1.54, 1.807) is 0 Å². The summed E-state index contributed by atoms with van der Waals surface area (Å²) in [7, 11) is 0. The monoisotopic (exact) mass is 175 g/mol. The minimum atomic E-state index is 0.889. The van der Waals surface area contributed by atoms with Crippen LogP contribution in [0.3, 0.4) is 0 Å². The van der Waals surface area contributed by atoms with E-state index in [4.69, 9.17) is 4.74 Å². The summed E-state index contributed by atoms with van der Waals surface area (Å²) in [5.41, 5.74) is 0. The summed E-state index contributed by atoms with van der Waals surface area (Å²) in [6, 6.07) is 10.5. The minimum absolute atomic E-state index is 0.889. The zero-order valence-electron chi connectivity index (χ0n) is 8.21. The van der Waals surface area contributed by atoms with Crippen molar-refractivity contribution < 1.29 is 4.74 Å². The fourth-order valence-electron chi connectivity index (χ4n) is 1.08. The van der Waals surface area contributed by atoms with Gasteiger partial charge in [-0.1, -0.05) is 26.0 Å². The van der Waals surface area contributed by atoms with Crippen LogP contribution in [0.4, 0.5) is 0 Å². The quantitative estimate of drug-likeness (QED) is 0.636. The molecular formula is C12H15O. The molecular weight excluding hydrogens is 160 g/mol. The topological polar surface area (TPSA) is 9.23 Å². The van der Waals surface area contributed by atoms with Crippen molar-refractivity contribution in [1.82, 2.24) is 0 Å². The highest BCUT2D eigenvalue weighted by Crippen LogP contribution is 2.14. The molecule has 1 heteroatoms. The number of allylic oxidation sites excluding steroid dienone is 2. The van der Waals surface area contributed by atoms with Crippen molar-refractivity contribution in [3.63, 3.8) is 0 Å². The molecule has 0 aliphatic heterocycles. The predicted molar refractivity (Wildman–Crippen MR) is 54.6 cm³/mol. The summed E-state index contributed by atoms with van der Waals surface area (Å²) in [6.45, 7) is 4.20. The lowest BCUT2D eigenvalue weighted by molar-refractivity contribution is 0.407. The van der Waals surface area contributed by atoms with E-state index in [1.165, 1.54) is 0 Å². The fraction of sp³-hybridized carbons (Fsp3) is 0.333. The second-order valence-electron chi connectivity index (χ2n) is 2.77. The molecule has 0 spiro atoms. The molecule has 1 rings (SSSR count). The van der Waals surface area contributed by atoms with Gasteiger partial charge in [0.1, 0.15) is 5.75 Å². The van der Waals surface area contributed by atoms with Crippen molar-refractivity contribution in [3.05, 3.63) is 42.2 Å². The Morgan fingerprint density at radius 2 is 2.08 bits per heavy atom. The van der Waals surface area contributed by atoms with Crippen molar-refractivity contribution in [2.75, 3.05) is 0 Å². The molecule has 0 bridgehead atoms. The molecule has 1 radical (unpaired) electrons. The van der Waals surface area contributed by atoms with Gasteiger partial charge in [-0.2, -0.15) is 0 Å². The maximum Gasteiger partial charge on any atom is 0.126 e. The van der Waals surface area contributed by atoms with E-state index in [9.17, 15) is 0 Å². The molecule has 0 aromatic heterocycles. The third-order valence-electron chi connectivity index (χ3n) is 1.72. The van der Waals surface area contributed by atoms with Gasteiger partial charge in [-0.15, -0.1) is 0 Å². The van der Waals surface area contributed by atoms with Gasteiger partial charge in [0.2, 0.25) is 0 Å². The Labute approximate surface area is 80.0 Å². The predicted octanol–water partition coefficient (Wildman–Crippen LogP) is 3.57. The van der Waals surface area contributed by atoms with Gasteiger partial charge in [0.05, 0.1) is 5.76 Å². The normalized spacial score (nSPS) is 11.4. The molecule has 0 amide bonds. The van der Waals surface area contributed by atoms with Crippen molar-refractivity contribution in [2.45, 2.75) is 26.7 Å². The Kier molecular flexibility index (Phi) is 4.10. The van der Waals surface area contributed by atoms with E-state index in [2.05, 4.69) is 26.0 Å². The molecule has 0 N–H and O–H groups in total. The van der Waals surface area contributed by atoms with Crippen LogP contribution >= 0.6 is 0 Å². The van der Waals surface area contributed by atoms with Crippen LogP contribution in [-0.4, -0.2) is 0 Å². The molecule has 1 aromatic rings. The van der Waals surface area contributed by atoms with E-state index >= 15 is 0 Å². The molecule has 13 heavy (non-hydrogen) atoms. The van der Waals surface area contributed by atoms with Gasteiger partial charge in [-0.3, -0.25) is 0 Å². The first-order valence-electron chi connectivity index (χ1n) is 4.69. The fourth-order valence-corrected chi connectivity index (χ4v) is 1.08. The lowest BCUT2D eigenvalue weighted by atomic mass is 10.3. The van der Waals surface area contributed by atoms with Crippen LogP contribution in [0.15, 0.2) is 36.1 Å². The van der Waals surface area contributed by atoms with Gasteiger partial charge in [0.15, 0.2) is 0 Å². The van der Waals surface area contributed by atoms with Crippen molar-refractivity contribution in [2.24, 2.45) is 0 Å². The molecule has 0 unspecified atom stereocenters. The van der Waals surface area contributed by atoms with E-state index in [-0.39, 0.29) is 0 Å². The second-order valence-corrected chi connectivity index (χ2v) is 2.77. The van der Waals surface area contributed by atoms with Crippen LogP contribution < -0.4 is 4.74 Å². The summed E-state index contributed by atoms with van der Waals surface area (Å²) >= 11 is 0. The molecule has 0 saturated heterocycles. The van der Waals surface area contributed by atoms with E-state index in [0.29, 0.717) is 0 Å². The first kappa shape index (κ1) is 9.85. The van der Waals surface area contributed by atoms with Gasteiger partial charge >= 0.3 is 0 Å². The Bertz CT molecular complexity index is 262. The summed E-state index contributed by atoms with van der Waals surface area (Å²) in [4.78, 5) is 0. The van der Waals surface area contributed by atoms with Crippen molar-refractivity contribution >= 4 is 0 Å². The van der Waals surface area contributed by atoms with Crippen LogP contribution in [0.1, 0.15) is 26.7 Å². The second kappa shape index (κ2) is 5.41. The first-order valence-corrected chi connectivity index (χ1v) is 4.69. The molecule has 0 saturated carbocycles. The smallest absolute Gasteiger partial charge is 0.126 e. The molecule has 1 aromatic carbocycles.